The van der Waals surface area contributed by atoms with Crippen molar-refractivity contribution in [2.24, 2.45) is 5.10 Å². The first-order valence-electron chi connectivity index (χ1n) is 9.35. The molecule has 8 nitrogen and oxygen atoms in total. The van der Waals surface area contributed by atoms with Crippen molar-refractivity contribution in [3.63, 3.8) is 0 Å². The number of benzene rings is 2. The summed E-state index contributed by atoms with van der Waals surface area (Å²) in [6, 6.07) is 10.5. The second-order valence-corrected chi connectivity index (χ2v) is 6.62. The largest absolute Gasteiger partial charge is 0.497 e. The fourth-order valence-electron chi connectivity index (χ4n) is 2.67. The van der Waals surface area contributed by atoms with Crippen LogP contribution in [0.3, 0.4) is 0 Å². The number of rotatable bonds is 8. The zero-order chi connectivity index (χ0) is 22.2. The maximum Gasteiger partial charge on any atom is 0.291 e. The van der Waals surface area contributed by atoms with Crippen molar-refractivity contribution in [3.8, 4) is 28.5 Å². The number of carbonyl (C=O) groups excluding carboxylic acids is 1. The fraction of sp³-hybridized carbons (Fsp3) is 0.182. The average Bonchev–Trinajstić information content (AvgIpc) is 2.80. The number of aromatic nitrogens is 2. The number of hydrazone groups is 1. The molecule has 0 aliphatic rings. The first-order chi connectivity index (χ1) is 15.0. The molecule has 3 aromatic rings. The van der Waals surface area contributed by atoms with E-state index in [0.717, 1.165) is 0 Å². The minimum absolute atomic E-state index is 0.114. The van der Waals surface area contributed by atoms with Crippen LogP contribution < -0.4 is 19.6 Å². The van der Waals surface area contributed by atoms with Gasteiger partial charge in [-0.15, -0.1) is 0 Å². The Labute approximate surface area is 184 Å². The van der Waals surface area contributed by atoms with E-state index in [2.05, 4.69) is 20.5 Å². The number of methoxy groups -OCH3 is 2. The van der Waals surface area contributed by atoms with Gasteiger partial charge in [0.15, 0.2) is 0 Å². The maximum atomic E-state index is 12.4. The van der Waals surface area contributed by atoms with Crippen LogP contribution in [0.25, 0.3) is 11.3 Å². The molecule has 9 heteroatoms. The van der Waals surface area contributed by atoms with Crippen LogP contribution in [0.5, 0.6) is 17.2 Å². The Balaban J connectivity index is 1.73. The van der Waals surface area contributed by atoms with E-state index in [9.17, 15) is 4.79 Å². The van der Waals surface area contributed by atoms with Crippen LogP contribution in [0, 0.1) is 0 Å². The number of halogens is 1. The molecule has 0 bridgehead atoms. The Kier molecular flexibility index (Phi) is 7.40. The third-order valence-electron chi connectivity index (χ3n) is 4.15. The SMILES string of the molecule is CCOc1ccc(-c2cncc(C(=O)N/N=C/c3cc(OC)cc(OC)c3)n2)cc1Cl. The third kappa shape index (κ3) is 5.70. The summed E-state index contributed by atoms with van der Waals surface area (Å²) in [6.45, 7) is 2.39. The zero-order valence-electron chi connectivity index (χ0n) is 17.3. The van der Waals surface area contributed by atoms with Crippen LogP contribution in [-0.2, 0) is 0 Å². The molecular weight excluding hydrogens is 420 g/mol. The predicted molar refractivity (Wildman–Crippen MR) is 118 cm³/mol. The lowest BCUT2D eigenvalue weighted by atomic mass is 10.1. The molecule has 0 aliphatic heterocycles. The molecule has 0 saturated carbocycles. The topological polar surface area (TPSA) is 94.9 Å². The normalized spacial score (nSPS) is 10.7. The smallest absolute Gasteiger partial charge is 0.291 e. The lowest BCUT2D eigenvalue weighted by molar-refractivity contribution is 0.0950. The van der Waals surface area contributed by atoms with Gasteiger partial charge in [-0.05, 0) is 37.3 Å². The van der Waals surface area contributed by atoms with Gasteiger partial charge in [0.2, 0.25) is 0 Å². The molecule has 1 amide bonds. The highest BCUT2D eigenvalue weighted by Crippen LogP contribution is 2.29. The third-order valence-corrected chi connectivity index (χ3v) is 4.44. The fourth-order valence-corrected chi connectivity index (χ4v) is 2.91. The molecule has 2 aromatic carbocycles. The van der Waals surface area contributed by atoms with Crippen molar-refractivity contribution >= 4 is 23.7 Å². The van der Waals surface area contributed by atoms with Crippen molar-refractivity contribution in [2.75, 3.05) is 20.8 Å². The van der Waals surface area contributed by atoms with E-state index in [1.165, 1.54) is 12.4 Å². The highest BCUT2D eigenvalue weighted by atomic mass is 35.5. The summed E-state index contributed by atoms with van der Waals surface area (Å²) < 4.78 is 15.9. The van der Waals surface area contributed by atoms with Crippen LogP contribution >= 0.6 is 11.6 Å². The first-order valence-corrected chi connectivity index (χ1v) is 9.73. The number of nitrogens with one attached hydrogen (secondary N) is 1. The van der Waals surface area contributed by atoms with Crippen LogP contribution in [0.1, 0.15) is 23.0 Å². The summed E-state index contributed by atoms with van der Waals surface area (Å²) in [4.78, 5) is 20.9. The van der Waals surface area contributed by atoms with Crippen molar-refractivity contribution < 1.29 is 19.0 Å². The number of hydrogen-bond acceptors (Lipinski definition) is 7. The van der Waals surface area contributed by atoms with Gasteiger partial charge < -0.3 is 14.2 Å². The van der Waals surface area contributed by atoms with Crippen LogP contribution in [0.2, 0.25) is 5.02 Å². The zero-order valence-corrected chi connectivity index (χ0v) is 18.0. The highest BCUT2D eigenvalue weighted by molar-refractivity contribution is 6.32. The molecule has 160 valence electrons. The Morgan fingerprint density at radius 2 is 1.87 bits per heavy atom. The van der Waals surface area contributed by atoms with Crippen molar-refractivity contribution in [1.29, 1.82) is 0 Å². The van der Waals surface area contributed by atoms with Gasteiger partial charge in [0.05, 0.1) is 50.2 Å². The van der Waals surface area contributed by atoms with E-state index in [4.69, 9.17) is 25.8 Å². The van der Waals surface area contributed by atoms with Crippen molar-refractivity contribution in [1.82, 2.24) is 15.4 Å². The van der Waals surface area contributed by atoms with E-state index in [1.807, 2.05) is 6.92 Å². The van der Waals surface area contributed by atoms with Gasteiger partial charge in [0, 0.05) is 17.2 Å². The van der Waals surface area contributed by atoms with Crippen LogP contribution in [0.4, 0.5) is 0 Å². The molecule has 0 atom stereocenters. The Morgan fingerprint density at radius 1 is 1.13 bits per heavy atom. The summed E-state index contributed by atoms with van der Waals surface area (Å²) in [5.41, 5.74) is 4.46. The molecule has 1 aromatic heterocycles. The second kappa shape index (κ2) is 10.4. The Bertz CT molecular complexity index is 1080. The van der Waals surface area contributed by atoms with Gasteiger partial charge in [-0.2, -0.15) is 5.10 Å². The molecule has 1 N–H and O–H groups in total. The van der Waals surface area contributed by atoms with Gasteiger partial charge in [-0.25, -0.2) is 10.4 Å². The molecule has 0 unspecified atom stereocenters. The van der Waals surface area contributed by atoms with Crippen LogP contribution in [0.15, 0.2) is 53.9 Å². The van der Waals surface area contributed by atoms with Crippen molar-refractivity contribution in [2.45, 2.75) is 6.92 Å². The standard InChI is InChI=1S/C22H21ClN4O4/c1-4-31-21-6-5-15(9-18(21)23)19-12-24-13-20(26-19)22(28)27-25-11-14-7-16(29-2)10-17(8-14)30-3/h5-13H,4H2,1-3H3,(H,27,28)/b25-11+. The van der Waals surface area contributed by atoms with E-state index in [0.29, 0.717) is 45.7 Å². The molecule has 3 rings (SSSR count). The van der Waals surface area contributed by atoms with Gasteiger partial charge >= 0.3 is 0 Å². The molecular formula is C22H21ClN4O4. The number of carbonyl (C=O) groups is 1. The molecule has 1 heterocycles. The predicted octanol–water partition coefficient (Wildman–Crippen LogP) is 3.98. The Hall–Kier alpha value is -3.65. The second-order valence-electron chi connectivity index (χ2n) is 6.21. The van der Waals surface area contributed by atoms with Gasteiger partial charge in [-0.1, -0.05) is 11.6 Å². The van der Waals surface area contributed by atoms with Gasteiger partial charge in [0.25, 0.3) is 5.91 Å². The molecule has 0 fully saturated rings. The Morgan fingerprint density at radius 3 is 2.52 bits per heavy atom. The number of amides is 1. The van der Waals surface area contributed by atoms with E-state index in [-0.39, 0.29) is 5.69 Å². The van der Waals surface area contributed by atoms with E-state index >= 15 is 0 Å². The van der Waals surface area contributed by atoms with Gasteiger partial charge in [0.1, 0.15) is 22.9 Å². The molecule has 0 saturated heterocycles. The van der Waals surface area contributed by atoms with E-state index in [1.54, 1.807) is 56.8 Å². The first kappa shape index (κ1) is 22.0. The summed E-state index contributed by atoms with van der Waals surface area (Å²) in [7, 11) is 3.11. The minimum Gasteiger partial charge on any atom is -0.497 e. The summed E-state index contributed by atoms with van der Waals surface area (Å²) in [5.74, 6) is 1.30. The average molecular weight is 441 g/mol. The van der Waals surface area contributed by atoms with Crippen molar-refractivity contribution in [3.05, 3.63) is 65.1 Å². The molecule has 0 spiro atoms. The monoisotopic (exact) mass is 440 g/mol. The number of nitrogens with zero attached hydrogens (tertiary/aromatic N) is 3. The number of ether oxygens (including phenoxy) is 3. The van der Waals surface area contributed by atoms with E-state index < -0.39 is 5.91 Å². The summed E-state index contributed by atoms with van der Waals surface area (Å²) in [6.07, 6.45) is 4.39. The summed E-state index contributed by atoms with van der Waals surface area (Å²) >= 11 is 6.24. The lowest BCUT2D eigenvalue weighted by Gasteiger charge is -2.08. The maximum absolute atomic E-state index is 12.4. The lowest BCUT2D eigenvalue weighted by Crippen LogP contribution is -2.19. The molecule has 0 aliphatic carbocycles. The molecule has 0 radical (unpaired) electrons. The molecule has 31 heavy (non-hydrogen) atoms. The minimum atomic E-state index is -0.502. The van der Waals surface area contributed by atoms with Crippen LogP contribution in [-0.4, -0.2) is 42.9 Å². The van der Waals surface area contributed by atoms with Gasteiger partial charge in [-0.3, -0.25) is 9.78 Å². The summed E-state index contributed by atoms with van der Waals surface area (Å²) in [5, 5.41) is 4.43. The quantitative estimate of drug-likeness (QED) is 0.420. The number of hydrogen-bond donors (Lipinski definition) is 1. The highest BCUT2D eigenvalue weighted by Gasteiger charge is 2.11.